The van der Waals surface area contributed by atoms with Crippen molar-refractivity contribution in [2.45, 2.75) is 52.0 Å². The van der Waals surface area contributed by atoms with Crippen molar-refractivity contribution in [2.24, 2.45) is 0 Å². The normalized spacial score (nSPS) is 17.7. The Bertz CT molecular complexity index is 1460. The second-order valence-corrected chi connectivity index (χ2v) is 14.7. The second kappa shape index (κ2) is 11.5. The van der Waals surface area contributed by atoms with Crippen molar-refractivity contribution < 1.29 is 14.1 Å². The quantitative estimate of drug-likeness (QED) is 0.369. The number of fused-ring (bicyclic) bond motifs is 1. The predicted molar refractivity (Wildman–Crippen MR) is 163 cm³/mol. The van der Waals surface area contributed by atoms with Crippen LogP contribution in [0.4, 0.5) is 5.82 Å². The summed E-state index contributed by atoms with van der Waals surface area (Å²) >= 11 is 0. The molecule has 5 rings (SSSR count). The number of amides is 1. The van der Waals surface area contributed by atoms with Gasteiger partial charge in [-0.05, 0) is 75.9 Å². The summed E-state index contributed by atoms with van der Waals surface area (Å²) in [5.74, 6) is 2.72. The molecule has 0 spiro atoms. The van der Waals surface area contributed by atoms with E-state index in [0.29, 0.717) is 49.4 Å². The molecule has 1 aromatic heterocycles. The zero-order chi connectivity index (χ0) is 28.6. The number of ether oxygens (including phenoxy) is 1. The number of anilines is 1. The van der Waals surface area contributed by atoms with Crippen LogP contribution in [0, 0.1) is 6.92 Å². The van der Waals surface area contributed by atoms with Crippen LogP contribution in [0.3, 0.4) is 0 Å². The van der Waals surface area contributed by atoms with E-state index in [-0.39, 0.29) is 11.9 Å². The zero-order valence-electron chi connectivity index (χ0n) is 24.7. The maximum atomic E-state index is 14.4. The van der Waals surface area contributed by atoms with Gasteiger partial charge < -0.3 is 24.4 Å². The molecule has 1 amide bonds. The fourth-order valence-electron chi connectivity index (χ4n) is 5.97. The number of aromatic nitrogens is 2. The summed E-state index contributed by atoms with van der Waals surface area (Å²) < 4.78 is 20.1. The monoisotopic (exact) mass is 563 g/mol. The van der Waals surface area contributed by atoms with Gasteiger partial charge in [0, 0.05) is 36.9 Å². The van der Waals surface area contributed by atoms with E-state index in [1.807, 2.05) is 43.0 Å². The summed E-state index contributed by atoms with van der Waals surface area (Å²) in [7, 11) is 2.59. The number of methoxy groups -OCH3 is 1. The Hall–Kier alpha value is -2.96. The molecular formula is C31H42N5O3P. The third kappa shape index (κ3) is 5.75. The number of likely N-dealkylation sites (N-methyl/N-ethyl adjacent to an activating group) is 1. The topological polar surface area (TPSA) is 87.7 Å². The van der Waals surface area contributed by atoms with E-state index in [2.05, 4.69) is 37.4 Å². The number of carbonyl (C=O) groups excluding carboxylic acids is 1. The van der Waals surface area contributed by atoms with Gasteiger partial charge in [-0.1, -0.05) is 25.1 Å². The summed E-state index contributed by atoms with van der Waals surface area (Å²) in [5.41, 5.74) is 5.00. The van der Waals surface area contributed by atoms with E-state index in [4.69, 9.17) is 14.7 Å². The van der Waals surface area contributed by atoms with Crippen molar-refractivity contribution in [3.8, 4) is 5.75 Å². The first-order valence-electron chi connectivity index (χ1n) is 14.4. The molecule has 8 nitrogen and oxygen atoms in total. The van der Waals surface area contributed by atoms with Crippen LogP contribution < -0.4 is 15.4 Å². The number of rotatable bonds is 9. The fraction of sp³-hybridized carbons (Fsp3) is 0.516. The third-order valence-corrected chi connectivity index (χ3v) is 11.3. The molecule has 0 unspecified atom stereocenters. The Labute approximate surface area is 237 Å². The molecule has 1 aliphatic heterocycles. The highest BCUT2D eigenvalue weighted by atomic mass is 31.2. The molecule has 9 heteroatoms. The van der Waals surface area contributed by atoms with Crippen LogP contribution in [0.1, 0.15) is 61.2 Å². The lowest BCUT2D eigenvalue weighted by Crippen LogP contribution is -2.44. The summed E-state index contributed by atoms with van der Waals surface area (Å²) in [6.07, 6.45) is 4.41. The van der Waals surface area contributed by atoms with Crippen LogP contribution in [0.15, 0.2) is 30.3 Å². The Morgan fingerprint density at radius 3 is 2.55 bits per heavy atom. The van der Waals surface area contributed by atoms with Crippen LogP contribution in [-0.4, -0.2) is 78.8 Å². The Morgan fingerprint density at radius 1 is 1.20 bits per heavy atom. The van der Waals surface area contributed by atoms with Gasteiger partial charge in [0.1, 0.15) is 24.5 Å². The molecule has 40 heavy (non-hydrogen) atoms. The minimum atomic E-state index is -2.80. The van der Waals surface area contributed by atoms with Crippen molar-refractivity contribution in [3.05, 3.63) is 52.8 Å². The SMILES string of the molecule is CCc1cccc([C@@H](C)Nc2nc(C)nc3cc(OC)c(P4(=O)CCN(C(=O)CN(C)C)CC4)cc23)c1C1CC1. The van der Waals surface area contributed by atoms with Crippen LogP contribution >= 0.6 is 7.14 Å². The molecule has 2 aliphatic rings. The number of nitrogens with zero attached hydrogens (tertiary/aromatic N) is 4. The molecule has 1 saturated carbocycles. The molecule has 1 N–H and O–H groups in total. The fourth-order valence-corrected chi connectivity index (χ4v) is 8.73. The van der Waals surface area contributed by atoms with Gasteiger partial charge in [-0.3, -0.25) is 4.79 Å². The smallest absolute Gasteiger partial charge is 0.236 e. The molecule has 0 radical (unpaired) electrons. The second-order valence-electron chi connectivity index (χ2n) is 11.5. The zero-order valence-corrected chi connectivity index (χ0v) is 25.6. The Kier molecular flexibility index (Phi) is 8.21. The van der Waals surface area contributed by atoms with E-state index >= 15 is 0 Å². The average Bonchev–Trinajstić information content (AvgIpc) is 3.77. The summed E-state index contributed by atoms with van der Waals surface area (Å²) in [4.78, 5) is 25.8. The van der Waals surface area contributed by atoms with E-state index in [0.717, 1.165) is 28.4 Å². The van der Waals surface area contributed by atoms with E-state index in [1.165, 1.54) is 29.5 Å². The van der Waals surface area contributed by atoms with Crippen molar-refractivity contribution in [3.63, 3.8) is 0 Å². The molecule has 0 bridgehead atoms. The summed E-state index contributed by atoms with van der Waals surface area (Å²) in [6, 6.07) is 10.6. The first kappa shape index (κ1) is 28.6. The molecule has 2 aromatic carbocycles. The average molecular weight is 564 g/mol. The maximum absolute atomic E-state index is 14.4. The first-order chi connectivity index (χ1) is 19.1. The summed E-state index contributed by atoms with van der Waals surface area (Å²) in [6.45, 7) is 7.63. The van der Waals surface area contributed by atoms with E-state index < -0.39 is 7.14 Å². The molecule has 1 aliphatic carbocycles. The molecule has 2 fully saturated rings. The standard InChI is InChI=1S/C31H42N5O3P/c1-7-22-9-8-10-24(30(22)23-11-12-23)20(2)32-31-25-17-28(27(39-6)18-26(25)33-21(3)34-31)40(38)15-13-36(14-16-40)29(37)19-35(4)5/h8-10,17-18,20,23H,7,11-16,19H2,1-6H3,(H,32,33,34)/t20-/m1/s1. The lowest BCUT2D eigenvalue weighted by molar-refractivity contribution is -0.131. The molecule has 1 atom stereocenters. The van der Waals surface area contributed by atoms with E-state index in [9.17, 15) is 9.36 Å². The minimum absolute atomic E-state index is 0.0482. The number of aryl methyl sites for hydroxylation is 2. The van der Waals surface area contributed by atoms with Gasteiger partial charge >= 0.3 is 0 Å². The van der Waals surface area contributed by atoms with Crippen molar-refractivity contribution in [1.82, 2.24) is 19.8 Å². The van der Waals surface area contributed by atoms with E-state index in [1.54, 1.807) is 7.11 Å². The number of nitrogens with one attached hydrogen (secondary N) is 1. The van der Waals surface area contributed by atoms with Crippen LogP contribution in [0.25, 0.3) is 10.9 Å². The number of carbonyl (C=O) groups is 1. The predicted octanol–water partition coefficient (Wildman–Crippen LogP) is 4.95. The number of hydrogen-bond acceptors (Lipinski definition) is 7. The maximum Gasteiger partial charge on any atom is 0.236 e. The summed E-state index contributed by atoms with van der Waals surface area (Å²) in [5, 5.41) is 5.26. The van der Waals surface area contributed by atoms with Gasteiger partial charge in [0.25, 0.3) is 0 Å². The van der Waals surface area contributed by atoms with Crippen LogP contribution in [0.5, 0.6) is 5.75 Å². The van der Waals surface area contributed by atoms with Crippen molar-refractivity contribution in [2.75, 3.05) is 58.5 Å². The number of hydrogen-bond donors (Lipinski definition) is 1. The highest BCUT2D eigenvalue weighted by Crippen LogP contribution is 2.50. The lowest BCUT2D eigenvalue weighted by Gasteiger charge is -2.33. The highest BCUT2D eigenvalue weighted by molar-refractivity contribution is 7.72. The largest absolute Gasteiger partial charge is 0.496 e. The van der Waals surface area contributed by atoms with Gasteiger partial charge in [0.2, 0.25) is 5.91 Å². The van der Waals surface area contributed by atoms with Gasteiger partial charge in [0.15, 0.2) is 0 Å². The molecule has 1 saturated heterocycles. The third-order valence-electron chi connectivity index (χ3n) is 8.23. The highest BCUT2D eigenvalue weighted by Gasteiger charge is 2.35. The number of benzene rings is 2. The Morgan fingerprint density at radius 2 is 1.93 bits per heavy atom. The van der Waals surface area contributed by atoms with Crippen LogP contribution in [-0.2, 0) is 15.8 Å². The molecule has 3 aromatic rings. The van der Waals surface area contributed by atoms with Gasteiger partial charge in [-0.25, -0.2) is 9.97 Å². The molecular weight excluding hydrogens is 521 g/mol. The van der Waals surface area contributed by atoms with Gasteiger partial charge in [-0.2, -0.15) is 0 Å². The Balaban J connectivity index is 1.49. The van der Waals surface area contributed by atoms with Gasteiger partial charge in [-0.15, -0.1) is 0 Å². The minimum Gasteiger partial charge on any atom is -0.496 e. The van der Waals surface area contributed by atoms with Crippen LogP contribution in [0.2, 0.25) is 0 Å². The van der Waals surface area contributed by atoms with Gasteiger partial charge in [0.05, 0.1) is 30.5 Å². The lowest BCUT2D eigenvalue weighted by atomic mass is 9.92. The van der Waals surface area contributed by atoms with Crippen molar-refractivity contribution in [1.29, 1.82) is 0 Å². The molecule has 2 heterocycles. The first-order valence-corrected chi connectivity index (χ1v) is 16.5. The molecule has 214 valence electrons. The van der Waals surface area contributed by atoms with Crippen molar-refractivity contribution >= 4 is 35.1 Å².